The molecule has 4 nitrogen and oxygen atoms in total. The number of sulfonamides is 1. The summed E-state index contributed by atoms with van der Waals surface area (Å²) in [5.41, 5.74) is 7.28. The van der Waals surface area contributed by atoms with Crippen molar-refractivity contribution in [2.24, 2.45) is 0 Å². The quantitative estimate of drug-likeness (QED) is 0.843. The lowest BCUT2D eigenvalue weighted by atomic mass is 10.2. The van der Waals surface area contributed by atoms with Gasteiger partial charge in [-0.15, -0.1) is 0 Å². The second-order valence-electron chi connectivity index (χ2n) is 4.23. The summed E-state index contributed by atoms with van der Waals surface area (Å²) in [6.45, 7) is 1.77. The highest BCUT2D eigenvalue weighted by atomic mass is 35.5. The lowest BCUT2D eigenvalue weighted by molar-refractivity contribution is 0.601. The molecule has 0 aliphatic rings. The van der Waals surface area contributed by atoms with Crippen molar-refractivity contribution in [3.63, 3.8) is 0 Å². The molecule has 2 aromatic carbocycles. The number of hydrogen-bond donors (Lipinski definition) is 2. The van der Waals surface area contributed by atoms with Gasteiger partial charge in [-0.1, -0.05) is 35.3 Å². The third-order valence-electron chi connectivity index (χ3n) is 2.71. The molecule has 7 heteroatoms. The number of nitrogen functional groups attached to an aromatic ring is 1. The average Bonchev–Trinajstić information content (AvgIpc) is 2.36. The average molecular weight is 331 g/mol. The molecule has 0 aliphatic carbocycles. The minimum Gasteiger partial charge on any atom is -0.399 e. The minimum atomic E-state index is -3.83. The fourth-order valence-corrected chi connectivity index (χ4v) is 3.53. The van der Waals surface area contributed by atoms with E-state index in [1.807, 2.05) is 0 Å². The molecule has 0 amide bonds. The fourth-order valence-electron chi connectivity index (χ4n) is 1.64. The predicted octanol–water partition coefficient (Wildman–Crippen LogP) is 3.68. The van der Waals surface area contributed by atoms with Gasteiger partial charge in [-0.3, -0.25) is 4.72 Å². The summed E-state index contributed by atoms with van der Waals surface area (Å²) >= 11 is 11.8. The van der Waals surface area contributed by atoms with E-state index < -0.39 is 10.0 Å². The fraction of sp³-hybridized carbons (Fsp3) is 0.0769. The molecule has 2 rings (SSSR count). The van der Waals surface area contributed by atoms with Crippen LogP contribution in [0.2, 0.25) is 10.0 Å². The standard InChI is InChI=1S/C13H12Cl2N2O2S/c1-8-5-6-9(16)7-11(8)17-20(18,19)12-4-2-3-10(14)13(12)15/h2-7,17H,16H2,1H3. The first kappa shape index (κ1) is 15.0. The van der Waals surface area contributed by atoms with Gasteiger partial charge in [0.2, 0.25) is 0 Å². The van der Waals surface area contributed by atoms with Gasteiger partial charge >= 0.3 is 0 Å². The second kappa shape index (κ2) is 5.52. The van der Waals surface area contributed by atoms with Gasteiger partial charge in [0, 0.05) is 5.69 Å². The van der Waals surface area contributed by atoms with Gasteiger partial charge in [-0.05, 0) is 36.8 Å². The Kier molecular flexibility index (Phi) is 4.13. The van der Waals surface area contributed by atoms with E-state index in [4.69, 9.17) is 28.9 Å². The van der Waals surface area contributed by atoms with Crippen molar-refractivity contribution < 1.29 is 8.42 Å². The van der Waals surface area contributed by atoms with Gasteiger partial charge in [-0.2, -0.15) is 0 Å². The Labute approximate surface area is 127 Å². The third kappa shape index (κ3) is 3.00. The molecule has 0 heterocycles. The number of rotatable bonds is 3. The lowest BCUT2D eigenvalue weighted by Gasteiger charge is -2.12. The van der Waals surface area contributed by atoms with Crippen molar-refractivity contribution in [3.8, 4) is 0 Å². The molecule has 0 aliphatic heterocycles. The van der Waals surface area contributed by atoms with Crippen LogP contribution in [-0.4, -0.2) is 8.42 Å². The Morgan fingerprint density at radius 3 is 2.55 bits per heavy atom. The molecule has 106 valence electrons. The summed E-state index contributed by atoms with van der Waals surface area (Å²) in [6, 6.07) is 9.40. The van der Waals surface area contributed by atoms with E-state index in [-0.39, 0.29) is 14.9 Å². The van der Waals surface area contributed by atoms with Crippen molar-refractivity contribution in [1.82, 2.24) is 0 Å². The molecule has 0 radical (unpaired) electrons. The number of halogens is 2. The van der Waals surface area contributed by atoms with Crippen LogP contribution in [0.5, 0.6) is 0 Å². The van der Waals surface area contributed by atoms with Crippen LogP contribution in [0, 0.1) is 6.92 Å². The second-order valence-corrected chi connectivity index (χ2v) is 6.67. The smallest absolute Gasteiger partial charge is 0.263 e. The maximum atomic E-state index is 12.3. The number of nitrogens with two attached hydrogens (primary N) is 1. The van der Waals surface area contributed by atoms with Crippen LogP contribution in [0.15, 0.2) is 41.3 Å². The summed E-state index contributed by atoms with van der Waals surface area (Å²) in [5, 5.41) is 0.169. The van der Waals surface area contributed by atoms with Gasteiger partial charge in [0.25, 0.3) is 10.0 Å². The van der Waals surface area contributed by atoms with Crippen molar-refractivity contribution in [3.05, 3.63) is 52.0 Å². The Bertz CT molecular complexity index is 761. The van der Waals surface area contributed by atoms with Gasteiger partial charge in [0.1, 0.15) is 4.90 Å². The molecule has 0 aromatic heterocycles. The van der Waals surface area contributed by atoms with Crippen LogP contribution in [0.25, 0.3) is 0 Å². The Balaban J connectivity index is 2.46. The zero-order chi connectivity index (χ0) is 14.9. The van der Waals surface area contributed by atoms with Crippen molar-refractivity contribution in [2.75, 3.05) is 10.5 Å². The van der Waals surface area contributed by atoms with Crippen molar-refractivity contribution >= 4 is 44.6 Å². The van der Waals surface area contributed by atoms with Gasteiger partial charge in [0.05, 0.1) is 15.7 Å². The number of benzene rings is 2. The molecule has 0 unspecified atom stereocenters. The van der Waals surface area contributed by atoms with E-state index in [0.717, 1.165) is 5.56 Å². The molecule has 20 heavy (non-hydrogen) atoms. The SMILES string of the molecule is Cc1ccc(N)cc1NS(=O)(=O)c1cccc(Cl)c1Cl. The summed E-state index contributed by atoms with van der Waals surface area (Å²) in [4.78, 5) is -0.0755. The summed E-state index contributed by atoms with van der Waals surface area (Å²) in [7, 11) is -3.83. The van der Waals surface area contributed by atoms with Gasteiger partial charge < -0.3 is 5.73 Å². The van der Waals surface area contributed by atoms with Gasteiger partial charge in [0.15, 0.2) is 0 Å². The minimum absolute atomic E-state index is 0.0109. The van der Waals surface area contributed by atoms with Crippen LogP contribution >= 0.6 is 23.2 Å². The molecule has 3 N–H and O–H groups in total. The Morgan fingerprint density at radius 2 is 1.85 bits per heavy atom. The molecule has 0 spiro atoms. The molecule has 0 saturated carbocycles. The van der Waals surface area contributed by atoms with Gasteiger partial charge in [-0.25, -0.2) is 8.42 Å². The number of anilines is 2. The van der Waals surface area contributed by atoms with E-state index >= 15 is 0 Å². The largest absolute Gasteiger partial charge is 0.399 e. The zero-order valence-corrected chi connectivity index (χ0v) is 12.9. The van der Waals surface area contributed by atoms with Crippen LogP contribution < -0.4 is 10.5 Å². The lowest BCUT2D eigenvalue weighted by Crippen LogP contribution is -2.14. The highest BCUT2D eigenvalue weighted by molar-refractivity contribution is 7.92. The maximum Gasteiger partial charge on any atom is 0.263 e. The van der Waals surface area contributed by atoms with Crippen LogP contribution in [-0.2, 0) is 10.0 Å². The van der Waals surface area contributed by atoms with Crippen molar-refractivity contribution in [2.45, 2.75) is 11.8 Å². The summed E-state index contributed by atoms with van der Waals surface area (Å²) in [5.74, 6) is 0. The molecule has 0 bridgehead atoms. The Morgan fingerprint density at radius 1 is 1.15 bits per heavy atom. The summed E-state index contributed by atoms with van der Waals surface area (Å²) in [6.07, 6.45) is 0. The van der Waals surface area contributed by atoms with Crippen LogP contribution in [0.3, 0.4) is 0 Å². The van der Waals surface area contributed by atoms with Crippen LogP contribution in [0.1, 0.15) is 5.56 Å². The van der Waals surface area contributed by atoms with Crippen LogP contribution in [0.4, 0.5) is 11.4 Å². The van der Waals surface area contributed by atoms with E-state index in [2.05, 4.69) is 4.72 Å². The van der Waals surface area contributed by atoms with E-state index in [1.54, 1.807) is 25.1 Å². The highest BCUT2D eigenvalue weighted by Crippen LogP contribution is 2.31. The normalized spacial score (nSPS) is 11.3. The Hall–Kier alpha value is -1.43. The molecular formula is C13H12Cl2N2O2S. The first-order valence-corrected chi connectivity index (χ1v) is 7.88. The van der Waals surface area contributed by atoms with Crippen molar-refractivity contribution in [1.29, 1.82) is 0 Å². The number of nitrogens with one attached hydrogen (secondary N) is 1. The molecule has 2 aromatic rings. The third-order valence-corrected chi connectivity index (χ3v) is 5.05. The first-order chi connectivity index (χ1) is 9.31. The molecular weight excluding hydrogens is 319 g/mol. The van der Waals surface area contributed by atoms with E-state index in [1.165, 1.54) is 18.2 Å². The molecule has 0 fully saturated rings. The maximum absolute atomic E-state index is 12.3. The number of aryl methyl sites for hydroxylation is 1. The monoisotopic (exact) mass is 330 g/mol. The highest BCUT2D eigenvalue weighted by Gasteiger charge is 2.20. The molecule has 0 saturated heterocycles. The topological polar surface area (TPSA) is 72.2 Å². The predicted molar refractivity (Wildman–Crippen MR) is 82.9 cm³/mol. The first-order valence-electron chi connectivity index (χ1n) is 5.64. The summed E-state index contributed by atoms with van der Waals surface area (Å²) < 4.78 is 27.1. The molecule has 0 atom stereocenters. The number of hydrogen-bond acceptors (Lipinski definition) is 3. The zero-order valence-electron chi connectivity index (χ0n) is 10.5. The van der Waals surface area contributed by atoms with E-state index in [9.17, 15) is 8.42 Å². The van der Waals surface area contributed by atoms with E-state index in [0.29, 0.717) is 11.4 Å².